The molecule has 1 aliphatic heterocycles. The van der Waals surface area contributed by atoms with Gasteiger partial charge in [-0.25, -0.2) is 4.90 Å². The predicted octanol–water partition coefficient (Wildman–Crippen LogP) is 2.15. The van der Waals surface area contributed by atoms with E-state index in [1.54, 1.807) is 6.07 Å². The first-order valence-electron chi connectivity index (χ1n) is 7.88. The summed E-state index contributed by atoms with van der Waals surface area (Å²) in [4.78, 5) is 37.4. The number of imide groups is 1. The summed E-state index contributed by atoms with van der Waals surface area (Å²) in [6.07, 6.45) is 5.34. The highest BCUT2D eigenvalue weighted by Gasteiger charge is 2.67. The maximum atomic E-state index is 12.9. The van der Waals surface area contributed by atoms with Gasteiger partial charge in [0.25, 0.3) is 5.69 Å². The lowest BCUT2D eigenvalue weighted by molar-refractivity contribution is -0.384. The van der Waals surface area contributed by atoms with Crippen molar-refractivity contribution in [3.8, 4) is 0 Å². The lowest BCUT2D eigenvalue weighted by Gasteiger charge is -2.37. The quantitative estimate of drug-likeness (QED) is 0.363. The van der Waals surface area contributed by atoms with Gasteiger partial charge in [-0.1, -0.05) is 18.2 Å². The van der Waals surface area contributed by atoms with Gasteiger partial charge in [0.15, 0.2) is 0 Å². The fourth-order valence-electron chi connectivity index (χ4n) is 4.96. The molecule has 6 nitrogen and oxygen atoms in total. The first kappa shape index (κ1) is 13.0. The third-order valence-electron chi connectivity index (χ3n) is 5.96. The Kier molecular flexibility index (Phi) is 2.30. The summed E-state index contributed by atoms with van der Waals surface area (Å²) in [5.74, 6) is 0.489. The van der Waals surface area contributed by atoms with E-state index < -0.39 is 4.92 Å². The minimum atomic E-state index is -0.512. The standard InChI is InChI=1S/C17H14N2O4/c20-16-14-10-4-5-11(13-7-12(10)13)15(14)17(21)18(16)8-2-1-3-9(6-8)19(22)23/h1-6,10-15H,7H2/t10-,11+,12-,13-,14-,15+/m1/s1. The fraction of sp³-hybridized carbons (Fsp3) is 0.412. The summed E-state index contributed by atoms with van der Waals surface area (Å²) in [7, 11) is 0. The Labute approximate surface area is 131 Å². The second-order valence-corrected chi connectivity index (χ2v) is 6.94. The molecule has 23 heavy (non-hydrogen) atoms. The van der Waals surface area contributed by atoms with E-state index in [1.165, 1.54) is 23.1 Å². The predicted molar refractivity (Wildman–Crippen MR) is 80.3 cm³/mol. The van der Waals surface area contributed by atoms with Gasteiger partial charge in [-0.2, -0.15) is 0 Å². The minimum absolute atomic E-state index is 0.109. The summed E-state index contributed by atoms with van der Waals surface area (Å²) in [5, 5.41) is 11.0. The van der Waals surface area contributed by atoms with Crippen molar-refractivity contribution in [3.63, 3.8) is 0 Å². The molecule has 4 aliphatic carbocycles. The summed E-state index contributed by atoms with van der Waals surface area (Å²) in [6.45, 7) is 0. The number of nitro benzene ring substituents is 1. The topological polar surface area (TPSA) is 80.5 Å². The fourth-order valence-corrected chi connectivity index (χ4v) is 4.96. The smallest absolute Gasteiger partial charge is 0.271 e. The molecule has 1 aromatic rings. The zero-order valence-electron chi connectivity index (χ0n) is 12.2. The van der Waals surface area contributed by atoms with E-state index in [0.29, 0.717) is 17.5 Å². The molecule has 1 aromatic carbocycles. The number of rotatable bonds is 2. The summed E-state index contributed by atoms with van der Waals surface area (Å²) in [5.41, 5.74) is 0.207. The van der Waals surface area contributed by atoms with Crippen LogP contribution in [0.25, 0.3) is 0 Å². The van der Waals surface area contributed by atoms with E-state index in [1.807, 2.05) is 0 Å². The molecule has 6 rings (SSSR count). The third-order valence-corrected chi connectivity index (χ3v) is 5.96. The van der Waals surface area contributed by atoms with Crippen LogP contribution in [0.3, 0.4) is 0 Å². The molecule has 0 unspecified atom stereocenters. The van der Waals surface area contributed by atoms with Gasteiger partial charge in [0, 0.05) is 12.1 Å². The molecule has 6 heteroatoms. The molecule has 2 amide bonds. The Hall–Kier alpha value is -2.50. The van der Waals surface area contributed by atoms with Crippen LogP contribution in [0, 0.1) is 45.6 Å². The Morgan fingerprint density at radius 3 is 2.22 bits per heavy atom. The van der Waals surface area contributed by atoms with Crippen molar-refractivity contribution in [2.45, 2.75) is 6.42 Å². The number of nitrogens with zero attached hydrogens (tertiary/aromatic N) is 2. The summed E-state index contributed by atoms with van der Waals surface area (Å²) in [6, 6.07) is 5.78. The number of non-ortho nitro benzene ring substituents is 1. The number of carbonyl (C=O) groups is 2. The summed E-state index contributed by atoms with van der Waals surface area (Å²) >= 11 is 0. The van der Waals surface area contributed by atoms with E-state index in [2.05, 4.69) is 12.2 Å². The van der Waals surface area contributed by atoms with E-state index in [9.17, 15) is 19.7 Å². The Balaban J connectivity index is 1.57. The molecule has 5 aliphatic rings. The average Bonchev–Trinajstić information content (AvgIpc) is 3.32. The van der Waals surface area contributed by atoms with Gasteiger partial charge in [-0.3, -0.25) is 19.7 Å². The van der Waals surface area contributed by atoms with Crippen LogP contribution in [0.5, 0.6) is 0 Å². The van der Waals surface area contributed by atoms with Gasteiger partial charge in [-0.05, 0) is 36.2 Å². The van der Waals surface area contributed by atoms with Gasteiger partial charge < -0.3 is 0 Å². The summed E-state index contributed by atoms with van der Waals surface area (Å²) < 4.78 is 0. The number of benzene rings is 1. The van der Waals surface area contributed by atoms with Crippen LogP contribution in [0.1, 0.15) is 6.42 Å². The molecule has 0 spiro atoms. The Bertz CT molecular complexity index is 766. The van der Waals surface area contributed by atoms with Crippen molar-refractivity contribution in [1.82, 2.24) is 0 Å². The monoisotopic (exact) mass is 310 g/mol. The Morgan fingerprint density at radius 1 is 1.04 bits per heavy atom. The molecule has 0 radical (unpaired) electrons. The largest absolute Gasteiger partial charge is 0.274 e. The normalized spacial score (nSPS) is 39.4. The van der Waals surface area contributed by atoms with Crippen molar-refractivity contribution >= 4 is 23.2 Å². The second kappa shape index (κ2) is 4.07. The number of hydrogen-bond donors (Lipinski definition) is 0. The average molecular weight is 310 g/mol. The molecule has 2 saturated carbocycles. The number of hydrogen-bond acceptors (Lipinski definition) is 4. The van der Waals surface area contributed by atoms with Crippen LogP contribution in [0.2, 0.25) is 0 Å². The van der Waals surface area contributed by atoms with Crippen LogP contribution in [0.4, 0.5) is 11.4 Å². The SMILES string of the molecule is O=C1[C@@H]2[C@@H]3C=C[C@@H]([C@H]4C[C@H]34)[C@@H]2C(=O)N1c1cccc([N+](=O)[O-])c1. The molecular weight excluding hydrogens is 296 g/mol. The number of anilines is 1. The highest BCUT2D eigenvalue weighted by atomic mass is 16.6. The molecule has 0 N–H and O–H groups in total. The second-order valence-electron chi connectivity index (χ2n) is 6.94. The number of amides is 2. The number of nitro groups is 1. The van der Waals surface area contributed by atoms with Crippen molar-refractivity contribution in [2.75, 3.05) is 4.90 Å². The van der Waals surface area contributed by atoms with Gasteiger partial charge in [0.05, 0.1) is 22.4 Å². The highest BCUT2D eigenvalue weighted by Crippen LogP contribution is 2.65. The van der Waals surface area contributed by atoms with Crippen molar-refractivity contribution in [2.24, 2.45) is 35.5 Å². The highest BCUT2D eigenvalue weighted by molar-refractivity contribution is 6.22. The van der Waals surface area contributed by atoms with E-state index in [0.717, 1.165) is 6.42 Å². The van der Waals surface area contributed by atoms with Crippen LogP contribution in [0.15, 0.2) is 36.4 Å². The molecule has 6 atom stereocenters. The molecular formula is C17H14N2O4. The van der Waals surface area contributed by atoms with Crippen molar-refractivity contribution < 1.29 is 14.5 Å². The van der Waals surface area contributed by atoms with Crippen LogP contribution < -0.4 is 4.90 Å². The van der Waals surface area contributed by atoms with Gasteiger partial charge in [-0.15, -0.1) is 0 Å². The molecule has 0 aromatic heterocycles. The van der Waals surface area contributed by atoms with E-state index in [4.69, 9.17) is 0 Å². The lowest BCUT2D eigenvalue weighted by atomic mass is 9.63. The van der Waals surface area contributed by atoms with Crippen LogP contribution in [-0.4, -0.2) is 16.7 Å². The zero-order chi connectivity index (χ0) is 15.9. The number of allylic oxidation sites excluding steroid dienone is 2. The van der Waals surface area contributed by atoms with E-state index >= 15 is 0 Å². The van der Waals surface area contributed by atoms with Crippen molar-refractivity contribution in [3.05, 3.63) is 46.5 Å². The molecule has 3 fully saturated rings. The molecule has 2 bridgehead atoms. The van der Waals surface area contributed by atoms with Crippen molar-refractivity contribution in [1.29, 1.82) is 0 Å². The van der Waals surface area contributed by atoms with Crippen LogP contribution in [-0.2, 0) is 9.59 Å². The third kappa shape index (κ3) is 1.53. The van der Waals surface area contributed by atoms with Gasteiger partial charge >= 0.3 is 0 Å². The maximum absolute atomic E-state index is 12.9. The maximum Gasteiger partial charge on any atom is 0.271 e. The Morgan fingerprint density at radius 2 is 1.65 bits per heavy atom. The first-order valence-corrected chi connectivity index (χ1v) is 7.88. The van der Waals surface area contributed by atoms with Gasteiger partial charge in [0.1, 0.15) is 0 Å². The minimum Gasteiger partial charge on any atom is -0.274 e. The molecule has 1 saturated heterocycles. The first-order chi connectivity index (χ1) is 11.1. The zero-order valence-corrected chi connectivity index (χ0v) is 12.2. The van der Waals surface area contributed by atoms with Gasteiger partial charge in [0.2, 0.25) is 11.8 Å². The van der Waals surface area contributed by atoms with Crippen LogP contribution >= 0.6 is 0 Å². The number of carbonyl (C=O) groups excluding carboxylic acids is 2. The van der Waals surface area contributed by atoms with E-state index in [-0.39, 0.29) is 41.2 Å². The lowest BCUT2D eigenvalue weighted by Crippen LogP contribution is -2.40. The molecule has 116 valence electrons. The molecule has 1 heterocycles.